The highest BCUT2D eigenvalue weighted by atomic mass is 16.3. The summed E-state index contributed by atoms with van der Waals surface area (Å²) in [5, 5.41) is 39.5. The summed E-state index contributed by atoms with van der Waals surface area (Å²) in [6.07, 6.45) is 13.1. The van der Waals surface area contributed by atoms with Gasteiger partial charge in [-0.05, 0) is 86.2 Å². The van der Waals surface area contributed by atoms with E-state index < -0.39 is 17.8 Å². The first-order chi connectivity index (χ1) is 14.6. The highest BCUT2D eigenvalue weighted by Gasteiger charge is 2.50. The van der Waals surface area contributed by atoms with Crippen molar-refractivity contribution in [3.63, 3.8) is 0 Å². The van der Waals surface area contributed by atoms with E-state index in [4.69, 9.17) is 0 Å². The van der Waals surface area contributed by atoms with Gasteiger partial charge >= 0.3 is 0 Å². The van der Waals surface area contributed by atoms with E-state index in [-0.39, 0.29) is 6.61 Å². The second-order valence-electron chi connectivity index (χ2n) is 11.2. The van der Waals surface area contributed by atoms with Crippen molar-refractivity contribution in [2.75, 3.05) is 6.61 Å². The molecular weight excluding hydrogens is 388 g/mol. The Morgan fingerprint density at radius 2 is 2.00 bits per heavy atom. The smallest absolute Gasteiger partial charge is 0.0849 e. The first-order valence-corrected chi connectivity index (χ1v) is 12.4. The molecular formula is C27H44O4. The van der Waals surface area contributed by atoms with Crippen LogP contribution in [-0.2, 0) is 0 Å². The molecule has 0 spiro atoms. The molecule has 3 aliphatic rings. The lowest BCUT2D eigenvalue weighted by Crippen LogP contribution is -2.36. The number of hydrogen-bond acceptors (Lipinski definition) is 4. The van der Waals surface area contributed by atoms with E-state index in [1.807, 2.05) is 0 Å². The van der Waals surface area contributed by atoms with Gasteiger partial charge in [-0.15, -0.1) is 0 Å². The van der Waals surface area contributed by atoms with Crippen molar-refractivity contribution in [3.8, 4) is 0 Å². The molecule has 176 valence electrons. The molecule has 3 aliphatic carbocycles. The third-order valence-electron chi connectivity index (χ3n) is 8.70. The van der Waals surface area contributed by atoms with E-state index in [2.05, 4.69) is 32.6 Å². The van der Waals surface area contributed by atoms with Gasteiger partial charge in [-0.1, -0.05) is 51.0 Å². The lowest BCUT2D eigenvalue weighted by molar-refractivity contribution is -0.00891. The highest BCUT2D eigenvalue weighted by Crippen LogP contribution is 2.60. The van der Waals surface area contributed by atoms with Gasteiger partial charge in [-0.3, -0.25) is 0 Å². The zero-order valence-electron chi connectivity index (χ0n) is 19.8. The SMILES string of the molecule is C=C1C(=CC=C2CCC[C@]3(C)[C@@H]([C@H](C)CCCC(C)(O)CO)CC[C@@H]23)C[C@@H](O)C[C@@H]1O. The van der Waals surface area contributed by atoms with Crippen molar-refractivity contribution < 1.29 is 20.4 Å². The monoisotopic (exact) mass is 432 g/mol. The van der Waals surface area contributed by atoms with Crippen molar-refractivity contribution in [1.82, 2.24) is 0 Å². The summed E-state index contributed by atoms with van der Waals surface area (Å²) in [5.41, 5.74) is 2.65. The van der Waals surface area contributed by atoms with Gasteiger partial charge in [0.15, 0.2) is 0 Å². The number of fused-ring (bicyclic) bond motifs is 1. The van der Waals surface area contributed by atoms with Crippen LogP contribution in [0.4, 0.5) is 0 Å². The minimum absolute atomic E-state index is 0.172. The summed E-state index contributed by atoms with van der Waals surface area (Å²) < 4.78 is 0. The van der Waals surface area contributed by atoms with Gasteiger partial charge in [0.25, 0.3) is 0 Å². The van der Waals surface area contributed by atoms with Crippen LogP contribution in [0.25, 0.3) is 0 Å². The molecule has 0 bridgehead atoms. The minimum atomic E-state index is -0.958. The van der Waals surface area contributed by atoms with Crippen molar-refractivity contribution in [2.45, 2.75) is 103 Å². The topological polar surface area (TPSA) is 80.9 Å². The highest BCUT2D eigenvalue weighted by molar-refractivity contribution is 5.38. The Kier molecular flexibility index (Phi) is 7.89. The van der Waals surface area contributed by atoms with E-state index in [0.717, 1.165) is 30.4 Å². The van der Waals surface area contributed by atoms with Gasteiger partial charge in [0.05, 0.1) is 24.4 Å². The fourth-order valence-corrected chi connectivity index (χ4v) is 6.76. The first kappa shape index (κ1) is 24.7. The Bertz CT molecular complexity index is 706. The second-order valence-corrected chi connectivity index (χ2v) is 11.2. The summed E-state index contributed by atoms with van der Waals surface area (Å²) in [6.45, 7) is 10.5. The van der Waals surface area contributed by atoms with Gasteiger partial charge in [0.2, 0.25) is 0 Å². The fraction of sp³-hybridized carbons (Fsp3) is 0.778. The molecule has 1 unspecified atom stereocenters. The van der Waals surface area contributed by atoms with E-state index >= 15 is 0 Å². The predicted molar refractivity (Wildman–Crippen MR) is 125 cm³/mol. The Labute approximate surface area is 188 Å². The Morgan fingerprint density at radius 1 is 1.26 bits per heavy atom. The van der Waals surface area contributed by atoms with Crippen molar-refractivity contribution in [1.29, 1.82) is 0 Å². The van der Waals surface area contributed by atoms with Gasteiger partial charge in [-0.2, -0.15) is 0 Å². The van der Waals surface area contributed by atoms with Gasteiger partial charge < -0.3 is 20.4 Å². The molecule has 0 aromatic heterocycles. The van der Waals surface area contributed by atoms with Crippen molar-refractivity contribution >= 4 is 0 Å². The van der Waals surface area contributed by atoms with Gasteiger partial charge in [0, 0.05) is 6.42 Å². The van der Waals surface area contributed by atoms with Crippen LogP contribution in [0.15, 0.2) is 35.5 Å². The van der Waals surface area contributed by atoms with E-state index in [9.17, 15) is 20.4 Å². The summed E-state index contributed by atoms with van der Waals surface area (Å²) in [6, 6.07) is 0. The number of aliphatic hydroxyl groups is 4. The van der Waals surface area contributed by atoms with Crippen LogP contribution < -0.4 is 0 Å². The van der Waals surface area contributed by atoms with Crippen LogP contribution in [0, 0.1) is 23.2 Å². The number of rotatable bonds is 7. The minimum Gasteiger partial charge on any atom is -0.393 e. The molecule has 3 saturated carbocycles. The number of hydrogen-bond donors (Lipinski definition) is 4. The van der Waals surface area contributed by atoms with Crippen LogP contribution in [0.5, 0.6) is 0 Å². The lowest BCUT2D eigenvalue weighted by atomic mass is 9.60. The van der Waals surface area contributed by atoms with Crippen LogP contribution in [0.3, 0.4) is 0 Å². The molecule has 4 N–H and O–H groups in total. The molecule has 4 nitrogen and oxygen atoms in total. The second kappa shape index (κ2) is 9.91. The normalized spacial score (nSPS) is 39.5. The van der Waals surface area contributed by atoms with Crippen LogP contribution in [-0.4, -0.2) is 44.8 Å². The molecule has 3 rings (SSSR count). The zero-order chi connectivity index (χ0) is 22.8. The molecule has 0 amide bonds. The average Bonchev–Trinajstić information content (AvgIpc) is 3.07. The third kappa shape index (κ3) is 5.52. The maximum absolute atomic E-state index is 10.1. The Hall–Kier alpha value is -0.940. The molecule has 0 radical (unpaired) electrons. The van der Waals surface area contributed by atoms with Gasteiger partial charge in [-0.25, -0.2) is 0 Å². The van der Waals surface area contributed by atoms with Crippen LogP contribution in [0.1, 0.15) is 85.0 Å². The summed E-state index contributed by atoms with van der Waals surface area (Å²) in [5.74, 6) is 1.92. The molecule has 31 heavy (non-hydrogen) atoms. The first-order valence-electron chi connectivity index (χ1n) is 12.4. The maximum atomic E-state index is 10.1. The quantitative estimate of drug-likeness (QED) is 0.471. The molecule has 0 aliphatic heterocycles. The molecule has 0 aromatic carbocycles. The van der Waals surface area contributed by atoms with E-state index in [0.29, 0.717) is 42.4 Å². The van der Waals surface area contributed by atoms with Crippen LogP contribution in [0.2, 0.25) is 0 Å². The number of allylic oxidation sites excluding steroid dienone is 3. The van der Waals surface area contributed by atoms with E-state index in [1.165, 1.54) is 31.3 Å². The average molecular weight is 433 g/mol. The molecule has 0 aromatic rings. The molecule has 3 fully saturated rings. The Balaban J connectivity index is 1.68. The standard InChI is InChI=1S/C27H44O4/c1-18(7-5-13-26(3,31)17-28)23-11-12-24-20(8-6-14-27(23,24)4)9-10-21-15-22(29)16-25(30)19(21)2/h9-10,18,22-25,28-31H,2,5-8,11-17H2,1,3-4H3/t18-,22-,23-,24+,25+,26?,27-/m1/s1. The molecule has 7 atom stereocenters. The van der Waals surface area contributed by atoms with E-state index in [1.54, 1.807) is 6.92 Å². The number of aliphatic hydroxyl groups excluding tert-OH is 3. The molecule has 0 heterocycles. The largest absolute Gasteiger partial charge is 0.393 e. The summed E-state index contributed by atoms with van der Waals surface area (Å²) >= 11 is 0. The molecule has 0 saturated heterocycles. The van der Waals surface area contributed by atoms with Crippen LogP contribution >= 0.6 is 0 Å². The van der Waals surface area contributed by atoms with Crippen molar-refractivity contribution in [3.05, 3.63) is 35.5 Å². The summed E-state index contributed by atoms with van der Waals surface area (Å²) in [7, 11) is 0. The molecule has 4 heteroatoms. The maximum Gasteiger partial charge on any atom is 0.0849 e. The zero-order valence-corrected chi connectivity index (χ0v) is 19.8. The third-order valence-corrected chi connectivity index (χ3v) is 8.70. The lowest BCUT2D eigenvalue weighted by Gasteiger charge is -2.44. The summed E-state index contributed by atoms with van der Waals surface area (Å²) in [4.78, 5) is 0. The fourth-order valence-electron chi connectivity index (χ4n) is 6.76. The predicted octanol–water partition coefficient (Wildman–Crippen LogP) is 4.68. The Morgan fingerprint density at radius 3 is 2.71 bits per heavy atom. The van der Waals surface area contributed by atoms with Crippen molar-refractivity contribution in [2.24, 2.45) is 23.2 Å². The van der Waals surface area contributed by atoms with Gasteiger partial charge in [0.1, 0.15) is 0 Å².